The molecule has 0 fully saturated rings. The fourth-order valence-corrected chi connectivity index (χ4v) is 3.67. The van der Waals surface area contributed by atoms with Crippen LogP contribution in [0.4, 0.5) is 5.69 Å². The van der Waals surface area contributed by atoms with Crippen LogP contribution in [-0.4, -0.2) is 32.7 Å². The summed E-state index contributed by atoms with van der Waals surface area (Å²) in [5.41, 5.74) is 1.92. The summed E-state index contributed by atoms with van der Waals surface area (Å²) in [6.45, 7) is 1.72. The molecule has 0 heterocycles. The summed E-state index contributed by atoms with van der Waals surface area (Å²) in [4.78, 5) is 12.3. The fraction of sp³-hybridized carbons (Fsp3) is 0.167. The number of aryl methyl sites for hydroxylation is 1. The van der Waals surface area contributed by atoms with Crippen molar-refractivity contribution in [3.63, 3.8) is 0 Å². The van der Waals surface area contributed by atoms with Gasteiger partial charge in [0.1, 0.15) is 0 Å². The van der Waals surface area contributed by atoms with Gasteiger partial charge in [-0.3, -0.25) is 4.79 Å². The molecule has 0 atom stereocenters. The average molecular weight is 423 g/mol. The Morgan fingerprint density at radius 3 is 2.48 bits per heavy atom. The molecule has 132 valence electrons. The van der Waals surface area contributed by atoms with Crippen LogP contribution in [0.2, 0.25) is 0 Å². The third kappa shape index (κ3) is 4.78. The van der Waals surface area contributed by atoms with Crippen LogP contribution in [0.25, 0.3) is 6.08 Å². The van der Waals surface area contributed by atoms with Crippen LogP contribution in [0, 0.1) is 6.92 Å². The van der Waals surface area contributed by atoms with E-state index in [1.807, 2.05) is 24.3 Å². The van der Waals surface area contributed by atoms with Crippen molar-refractivity contribution >= 4 is 43.6 Å². The van der Waals surface area contributed by atoms with Crippen molar-refractivity contribution in [3.8, 4) is 0 Å². The van der Waals surface area contributed by atoms with E-state index < -0.39 is 10.0 Å². The molecular formula is C18H19BrN2O3S. The van der Waals surface area contributed by atoms with Gasteiger partial charge in [-0.1, -0.05) is 40.2 Å². The van der Waals surface area contributed by atoms with Gasteiger partial charge in [-0.15, -0.1) is 0 Å². The molecule has 0 radical (unpaired) electrons. The maximum Gasteiger partial charge on any atom is 0.248 e. The number of nitrogens with one attached hydrogen (secondary N) is 1. The van der Waals surface area contributed by atoms with Gasteiger partial charge in [0, 0.05) is 30.3 Å². The molecule has 1 amide bonds. The molecule has 2 aromatic carbocycles. The van der Waals surface area contributed by atoms with E-state index in [0.29, 0.717) is 11.3 Å². The lowest BCUT2D eigenvalue weighted by Gasteiger charge is -2.14. The Morgan fingerprint density at radius 1 is 1.16 bits per heavy atom. The van der Waals surface area contributed by atoms with Crippen LogP contribution in [0.5, 0.6) is 0 Å². The van der Waals surface area contributed by atoms with E-state index in [1.165, 1.54) is 26.2 Å². The normalized spacial score (nSPS) is 11.9. The van der Waals surface area contributed by atoms with Gasteiger partial charge in [-0.05, 0) is 42.3 Å². The van der Waals surface area contributed by atoms with E-state index in [-0.39, 0.29) is 10.8 Å². The summed E-state index contributed by atoms with van der Waals surface area (Å²) in [5, 5.41) is 2.69. The summed E-state index contributed by atoms with van der Waals surface area (Å²) >= 11 is 3.41. The molecule has 0 aromatic heterocycles. The van der Waals surface area contributed by atoms with Crippen molar-refractivity contribution < 1.29 is 13.2 Å². The topological polar surface area (TPSA) is 66.5 Å². The highest BCUT2D eigenvalue weighted by Gasteiger charge is 2.20. The highest BCUT2D eigenvalue weighted by atomic mass is 79.9. The number of rotatable bonds is 5. The van der Waals surface area contributed by atoms with Crippen molar-refractivity contribution in [1.82, 2.24) is 4.31 Å². The second kappa shape index (κ2) is 7.95. The molecule has 2 rings (SSSR count). The number of anilines is 1. The van der Waals surface area contributed by atoms with Crippen molar-refractivity contribution in [2.24, 2.45) is 0 Å². The van der Waals surface area contributed by atoms with Gasteiger partial charge in [0.25, 0.3) is 0 Å². The maximum absolute atomic E-state index is 12.3. The van der Waals surface area contributed by atoms with E-state index in [4.69, 9.17) is 0 Å². The summed E-state index contributed by atoms with van der Waals surface area (Å²) in [5.74, 6) is -0.340. The number of halogens is 1. The SMILES string of the molecule is Cc1ccc(NC(=O)/C=C/c2ccccc2Br)cc1S(=O)(=O)N(C)C. The van der Waals surface area contributed by atoms with E-state index >= 15 is 0 Å². The lowest BCUT2D eigenvalue weighted by atomic mass is 10.2. The minimum atomic E-state index is -3.57. The Bertz CT molecular complexity index is 922. The minimum Gasteiger partial charge on any atom is -0.322 e. The quantitative estimate of drug-likeness (QED) is 0.747. The van der Waals surface area contributed by atoms with Gasteiger partial charge in [0.15, 0.2) is 0 Å². The zero-order chi connectivity index (χ0) is 18.6. The van der Waals surface area contributed by atoms with E-state index in [2.05, 4.69) is 21.2 Å². The van der Waals surface area contributed by atoms with Crippen molar-refractivity contribution in [2.45, 2.75) is 11.8 Å². The number of hydrogen-bond acceptors (Lipinski definition) is 3. The van der Waals surface area contributed by atoms with Gasteiger partial charge >= 0.3 is 0 Å². The summed E-state index contributed by atoms with van der Waals surface area (Å²) in [7, 11) is -0.624. The second-order valence-electron chi connectivity index (χ2n) is 5.61. The summed E-state index contributed by atoms with van der Waals surface area (Å²) in [6.07, 6.45) is 3.09. The first-order chi connectivity index (χ1) is 11.7. The number of nitrogens with zero attached hydrogens (tertiary/aromatic N) is 1. The minimum absolute atomic E-state index is 0.171. The highest BCUT2D eigenvalue weighted by Crippen LogP contribution is 2.22. The molecule has 2 aromatic rings. The Kier molecular flexibility index (Phi) is 6.16. The van der Waals surface area contributed by atoms with Crippen molar-refractivity contribution in [3.05, 3.63) is 64.1 Å². The zero-order valence-corrected chi connectivity index (χ0v) is 16.6. The van der Waals surface area contributed by atoms with Crippen LogP contribution in [0.1, 0.15) is 11.1 Å². The lowest BCUT2D eigenvalue weighted by molar-refractivity contribution is -0.111. The standard InChI is InChI=1S/C18H19BrN2O3S/c1-13-8-10-15(12-17(13)25(23,24)21(2)3)20-18(22)11-9-14-6-4-5-7-16(14)19/h4-12H,1-3H3,(H,20,22)/b11-9+. The molecule has 0 aliphatic heterocycles. The van der Waals surface area contributed by atoms with E-state index in [9.17, 15) is 13.2 Å². The van der Waals surface area contributed by atoms with Gasteiger partial charge < -0.3 is 5.32 Å². The first-order valence-corrected chi connectivity index (χ1v) is 9.72. The molecular weight excluding hydrogens is 404 g/mol. The highest BCUT2D eigenvalue weighted by molar-refractivity contribution is 9.10. The molecule has 0 saturated heterocycles. The molecule has 5 nitrogen and oxygen atoms in total. The number of amides is 1. The average Bonchev–Trinajstić information content (AvgIpc) is 2.55. The maximum atomic E-state index is 12.3. The zero-order valence-electron chi connectivity index (χ0n) is 14.2. The van der Waals surface area contributed by atoms with Crippen LogP contribution < -0.4 is 5.32 Å². The fourth-order valence-electron chi connectivity index (χ4n) is 2.11. The molecule has 7 heteroatoms. The molecule has 0 unspecified atom stereocenters. The van der Waals surface area contributed by atoms with Gasteiger partial charge in [0.05, 0.1) is 4.90 Å². The smallest absolute Gasteiger partial charge is 0.248 e. The lowest BCUT2D eigenvalue weighted by Crippen LogP contribution is -2.23. The van der Waals surface area contributed by atoms with Gasteiger partial charge in [0.2, 0.25) is 15.9 Å². The first-order valence-electron chi connectivity index (χ1n) is 7.48. The number of hydrogen-bond donors (Lipinski definition) is 1. The number of carbonyl (C=O) groups is 1. The van der Waals surface area contributed by atoms with Crippen LogP contribution in [0.3, 0.4) is 0 Å². The Hall–Kier alpha value is -1.96. The Labute approximate surface area is 156 Å². The van der Waals surface area contributed by atoms with Crippen LogP contribution in [-0.2, 0) is 14.8 Å². The third-order valence-electron chi connectivity index (χ3n) is 3.53. The molecule has 25 heavy (non-hydrogen) atoms. The second-order valence-corrected chi connectivity index (χ2v) is 8.59. The van der Waals surface area contributed by atoms with Crippen LogP contribution >= 0.6 is 15.9 Å². The molecule has 1 N–H and O–H groups in total. The molecule has 0 saturated carbocycles. The Morgan fingerprint density at radius 2 is 1.84 bits per heavy atom. The third-order valence-corrected chi connectivity index (χ3v) is 6.21. The van der Waals surface area contributed by atoms with Gasteiger partial charge in [-0.25, -0.2) is 12.7 Å². The Balaban J connectivity index is 2.21. The monoisotopic (exact) mass is 422 g/mol. The van der Waals surface area contributed by atoms with Crippen molar-refractivity contribution in [2.75, 3.05) is 19.4 Å². The molecule has 0 aliphatic carbocycles. The molecule has 0 bridgehead atoms. The number of sulfonamides is 1. The molecule has 0 aliphatic rings. The van der Waals surface area contributed by atoms with E-state index in [0.717, 1.165) is 14.3 Å². The molecule has 0 spiro atoms. The van der Waals surface area contributed by atoms with Gasteiger partial charge in [-0.2, -0.15) is 0 Å². The number of carbonyl (C=O) groups excluding carboxylic acids is 1. The first kappa shape index (κ1) is 19.4. The predicted molar refractivity (Wildman–Crippen MR) is 104 cm³/mol. The van der Waals surface area contributed by atoms with E-state index in [1.54, 1.807) is 25.1 Å². The summed E-state index contributed by atoms with van der Waals surface area (Å²) in [6, 6.07) is 12.3. The summed E-state index contributed by atoms with van der Waals surface area (Å²) < 4.78 is 26.7. The van der Waals surface area contributed by atoms with Crippen LogP contribution in [0.15, 0.2) is 57.9 Å². The van der Waals surface area contributed by atoms with Crippen molar-refractivity contribution in [1.29, 1.82) is 0 Å². The number of benzene rings is 2. The largest absolute Gasteiger partial charge is 0.322 e. The predicted octanol–water partition coefficient (Wildman–Crippen LogP) is 3.66.